The van der Waals surface area contributed by atoms with Gasteiger partial charge in [0, 0.05) is 73.9 Å². The SMILES string of the molecule is COC1C[C@H]2CC[C@@H](C1)N2c1nc(-c2c(C)ccc3n[nH]c(C)c23)nc2c1CN(c1c(F)c(C3CC3)nn1C)CC2. The van der Waals surface area contributed by atoms with Crippen molar-refractivity contribution in [3.05, 3.63) is 46.2 Å². The van der Waals surface area contributed by atoms with Gasteiger partial charge in [0.2, 0.25) is 0 Å². The number of rotatable bonds is 5. The van der Waals surface area contributed by atoms with Crippen LogP contribution < -0.4 is 9.80 Å². The molecule has 3 atom stereocenters. The van der Waals surface area contributed by atoms with Gasteiger partial charge >= 0.3 is 0 Å². The Balaban J connectivity index is 1.27. The summed E-state index contributed by atoms with van der Waals surface area (Å²) >= 11 is 0. The first-order valence-corrected chi connectivity index (χ1v) is 15.0. The van der Waals surface area contributed by atoms with Gasteiger partial charge in [0.15, 0.2) is 17.5 Å². The summed E-state index contributed by atoms with van der Waals surface area (Å²) in [5.74, 6) is 2.47. The molecule has 3 aliphatic heterocycles. The molecule has 2 bridgehead atoms. The molecule has 9 nitrogen and oxygen atoms in total. The zero-order chi connectivity index (χ0) is 28.0. The van der Waals surface area contributed by atoms with E-state index in [0.717, 1.165) is 95.6 Å². The zero-order valence-electron chi connectivity index (χ0n) is 24.2. The Labute approximate surface area is 239 Å². The number of hydrogen-bond donors (Lipinski definition) is 1. The van der Waals surface area contributed by atoms with Gasteiger partial charge in [-0.15, -0.1) is 0 Å². The molecule has 10 heteroatoms. The molecule has 41 heavy (non-hydrogen) atoms. The lowest BCUT2D eigenvalue weighted by Gasteiger charge is -2.41. The molecular formula is C31H37FN8O. The van der Waals surface area contributed by atoms with Gasteiger partial charge in [-0.1, -0.05) is 6.07 Å². The van der Waals surface area contributed by atoms with Crippen LogP contribution in [0.5, 0.6) is 0 Å². The first-order chi connectivity index (χ1) is 19.9. The molecule has 1 N–H and O–H groups in total. The smallest absolute Gasteiger partial charge is 0.188 e. The van der Waals surface area contributed by atoms with E-state index in [1.807, 2.05) is 14.2 Å². The van der Waals surface area contributed by atoms with Crippen LogP contribution in [-0.4, -0.2) is 61.8 Å². The number of benzene rings is 1. The fourth-order valence-electron chi connectivity index (χ4n) is 7.70. The number of aryl methyl sites for hydroxylation is 3. The Morgan fingerprint density at radius 1 is 1.05 bits per heavy atom. The van der Waals surface area contributed by atoms with Crippen LogP contribution in [0, 0.1) is 19.7 Å². The first kappa shape index (κ1) is 25.2. The van der Waals surface area contributed by atoms with Crippen molar-refractivity contribution in [1.29, 1.82) is 0 Å². The molecule has 4 aromatic rings. The molecule has 1 aromatic carbocycles. The largest absolute Gasteiger partial charge is 0.381 e. The van der Waals surface area contributed by atoms with E-state index in [2.05, 4.69) is 51.1 Å². The molecule has 3 fully saturated rings. The van der Waals surface area contributed by atoms with Crippen LogP contribution in [-0.2, 0) is 24.8 Å². The average molecular weight is 557 g/mol. The number of nitrogens with one attached hydrogen (secondary N) is 1. The average Bonchev–Trinajstić information content (AvgIpc) is 3.62. The third-order valence-corrected chi connectivity index (χ3v) is 9.89. The Hall–Kier alpha value is -3.53. The van der Waals surface area contributed by atoms with Gasteiger partial charge in [-0.3, -0.25) is 5.10 Å². The highest BCUT2D eigenvalue weighted by Gasteiger charge is 2.44. The van der Waals surface area contributed by atoms with E-state index in [4.69, 9.17) is 14.7 Å². The van der Waals surface area contributed by atoms with E-state index in [-0.39, 0.29) is 17.8 Å². The lowest BCUT2D eigenvalue weighted by molar-refractivity contribution is 0.0681. The minimum Gasteiger partial charge on any atom is -0.381 e. The summed E-state index contributed by atoms with van der Waals surface area (Å²) in [5, 5.41) is 13.4. The van der Waals surface area contributed by atoms with Gasteiger partial charge in [0.1, 0.15) is 11.5 Å². The number of H-pyrrole nitrogens is 1. The molecule has 1 unspecified atom stereocenters. The number of halogens is 1. The number of methoxy groups -OCH3 is 1. The summed E-state index contributed by atoms with van der Waals surface area (Å²) in [5.41, 5.74) is 6.94. The van der Waals surface area contributed by atoms with Crippen LogP contribution >= 0.6 is 0 Å². The van der Waals surface area contributed by atoms with Crippen LogP contribution in [0.4, 0.5) is 16.0 Å². The van der Waals surface area contributed by atoms with E-state index in [0.29, 0.717) is 36.7 Å². The summed E-state index contributed by atoms with van der Waals surface area (Å²) in [4.78, 5) is 15.4. The molecule has 214 valence electrons. The molecule has 2 saturated heterocycles. The van der Waals surface area contributed by atoms with Crippen molar-refractivity contribution in [2.75, 3.05) is 23.5 Å². The third kappa shape index (κ3) is 3.90. The predicted octanol–water partition coefficient (Wildman–Crippen LogP) is 5.10. The van der Waals surface area contributed by atoms with Gasteiger partial charge < -0.3 is 14.5 Å². The number of nitrogens with zero attached hydrogens (tertiary/aromatic N) is 7. The Kier molecular flexibility index (Phi) is 5.68. The van der Waals surface area contributed by atoms with Gasteiger partial charge in [-0.05, 0) is 64.0 Å². The maximum absolute atomic E-state index is 15.7. The minimum atomic E-state index is -0.156. The molecule has 3 aromatic heterocycles. The van der Waals surface area contributed by atoms with Crippen molar-refractivity contribution in [2.45, 2.75) is 89.4 Å². The summed E-state index contributed by atoms with van der Waals surface area (Å²) in [6.07, 6.45) is 7.34. The molecule has 0 spiro atoms. The van der Waals surface area contributed by atoms with Crippen LogP contribution in [0.15, 0.2) is 12.1 Å². The second-order valence-corrected chi connectivity index (χ2v) is 12.5. The van der Waals surface area contributed by atoms with Crippen LogP contribution in [0.2, 0.25) is 0 Å². The van der Waals surface area contributed by atoms with E-state index < -0.39 is 0 Å². The van der Waals surface area contributed by atoms with Gasteiger partial charge in [-0.2, -0.15) is 10.2 Å². The molecule has 1 saturated carbocycles. The summed E-state index contributed by atoms with van der Waals surface area (Å²) in [6.45, 7) is 5.45. The third-order valence-electron chi connectivity index (χ3n) is 9.89. The fraction of sp³-hybridized carbons (Fsp3) is 0.548. The Morgan fingerprint density at radius 2 is 1.83 bits per heavy atom. The van der Waals surface area contributed by atoms with Crippen molar-refractivity contribution < 1.29 is 9.13 Å². The van der Waals surface area contributed by atoms with E-state index in [9.17, 15) is 0 Å². The number of piperidine rings is 1. The normalized spacial score (nSPS) is 24.0. The lowest BCUT2D eigenvalue weighted by atomic mass is 9.96. The van der Waals surface area contributed by atoms with Crippen molar-refractivity contribution in [1.82, 2.24) is 29.9 Å². The molecule has 1 aliphatic carbocycles. The number of anilines is 2. The fourth-order valence-corrected chi connectivity index (χ4v) is 7.70. The van der Waals surface area contributed by atoms with E-state index in [1.165, 1.54) is 0 Å². The first-order valence-electron chi connectivity index (χ1n) is 15.0. The molecule has 6 heterocycles. The maximum atomic E-state index is 15.7. The van der Waals surface area contributed by atoms with Crippen LogP contribution in [0.1, 0.15) is 72.7 Å². The summed E-state index contributed by atoms with van der Waals surface area (Å²) < 4.78 is 23.3. The quantitative estimate of drug-likeness (QED) is 0.366. The topological polar surface area (TPSA) is 88.0 Å². The number of aromatic amines is 1. The summed E-state index contributed by atoms with van der Waals surface area (Å²) in [6, 6.07) is 4.92. The van der Waals surface area contributed by atoms with Crippen molar-refractivity contribution >= 4 is 22.5 Å². The Bertz CT molecular complexity index is 1660. The van der Waals surface area contributed by atoms with Crippen LogP contribution in [0.3, 0.4) is 0 Å². The number of fused-ring (bicyclic) bond motifs is 4. The predicted molar refractivity (Wildman–Crippen MR) is 156 cm³/mol. The highest BCUT2D eigenvalue weighted by atomic mass is 19.1. The standard InChI is InChI=1S/C31H37FN8O/c1-16-5-10-24-26(17(2)35-36-24)25(16)29-33-23-11-12-39(31-27(32)28(18-6-7-18)37-38(31)3)15-22(23)30(34-29)40-19-8-9-20(40)14-21(13-19)41-4/h5,10,18-21H,6-9,11-15H2,1-4H3,(H,35,36)/t19-,20+,21?. The Morgan fingerprint density at radius 3 is 2.56 bits per heavy atom. The number of aromatic nitrogens is 6. The van der Waals surface area contributed by atoms with Gasteiger partial charge in [0.25, 0.3) is 0 Å². The molecule has 0 radical (unpaired) electrons. The van der Waals surface area contributed by atoms with Crippen molar-refractivity contribution in [3.63, 3.8) is 0 Å². The molecule has 8 rings (SSSR count). The lowest BCUT2D eigenvalue weighted by Crippen LogP contribution is -2.47. The molecule has 4 aliphatic rings. The summed E-state index contributed by atoms with van der Waals surface area (Å²) in [7, 11) is 3.70. The second kappa shape index (κ2) is 9.24. The zero-order valence-corrected chi connectivity index (χ0v) is 24.2. The second-order valence-electron chi connectivity index (χ2n) is 12.5. The monoisotopic (exact) mass is 556 g/mol. The van der Waals surface area contributed by atoms with E-state index in [1.54, 1.807) is 4.68 Å². The van der Waals surface area contributed by atoms with E-state index >= 15 is 4.39 Å². The van der Waals surface area contributed by atoms with Crippen molar-refractivity contribution in [2.24, 2.45) is 7.05 Å². The highest BCUT2D eigenvalue weighted by Crippen LogP contribution is 2.45. The molecular weight excluding hydrogens is 519 g/mol. The number of hydrogen-bond acceptors (Lipinski definition) is 7. The highest BCUT2D eigenvalue weighted by molar-refractivity contribution is 5.96. The van der Waals surface area contributed by atoms with Crippen molar-refractivity contribution in [3.8, 4) is 11.4 Å². The molecule has 0 amide bonds. The maximum Gasteiger partial charge on any atom is 0.188 e. The number of ether oxygens (including phenoxy) is 1. The van der Waals surface area contributed by atoms with Crippen LogP contribution in [0.25, 0.3) is 22.3 Å². The van der Waals surface area contributed by atoms with Gasteiger partial charge in [0.05, 0.1) is 17.3 Å². The minimum absolute atomic E-state index is 0.156. The van der Waals surface area contributed by atoms with Gasteiger partial charge in [-0.25, -0.2) is 19.0 Å².